The van der Waals surface area contributed by atoms with E-state index in [1.165, 1.54) is 12.3 Å². The molecule has 102 valence electrons. The molecule has 1 aromatic rings. The van der Waals surface area contributed by atoms with Gasteiger partial charge < -0.3 is 11.1 Å². The van der Waals surface area contributed by atoms with Crippen LogP contribution in [0.4, 0.5) is 19.0 Å². The van der Waals surface area contributed by atoms with Crippen molar-refractivity contribution < 1.29 is 13.2 Å². The number of nitrogens with two attached hydrogens (primary N) is 1. The lowest BCUT2D eigenvalue weighted by molar-refractivity contribution is -0.137. The molecule has 0 saturated carbocycles. The minimum absolute atomic E-state index is 0.163. The smallest absolute Gasteiger partial charge is 0.368 e. The van der Waals surface area contributed by atoms with Crippen molar-refractivity contribution in [3.8, 4) is 0 Å². The summed E-state index contributed by atoms with van der Waals surface area (Å²) in [5, 5.41) is 2.67. The standard InChI is InChI=1S/C12H18F3N3/c1-8(2)6-9(16)7-18-11-10(12(13,14)15)4-3-5-17-11/h3-5,8-9H,6-7,16H2,1-2H3,(H,17,18). The van der Waals surface area contributed by atoms with Crippen LogP contribution in [-0.2, 0) is 6.18 Å². The van der Waals surface area contributed by atoms with Crippen molar-refractivity contribution in [3.05, 3.63) is 23.9 Å². The van der Waals surface area contributed by atoms with E-state index in [4.69, 9.17) is 5.73 Å². The molecule has 3 nitrogen and oxygen atoms in total. The second kappa shape index (κ2) is 6.04. The van der Waals surface area contributed by atoms with Gasteiger partial charge in [0, 0.05) is 18.8 Å². The number of hydrogen-bond donors (Lipinski definition) is 2. The number of halogens is 3. The van der Waals surface area contributed by atoms with Gasteiger partial charge in [-0.25, -0.2) is 4.98 Å². The van der Waals surface area contributed by atoms with Gasteiger partial charge in [0.2, 0.25) is 0 Å². The van der Waals surface area contributed by atoms with Gasteiger partial charge in [-0.3, -0.25) is 0 Å². The number of anilines is 1. The maximum Gasteiger partial charge on any atom is 0.419 e. The van der Waals surface area contributed by atoms with Gasteiger partial charge in [-0.05, 0) is 24.5 Å². The number of alkyl halides is 3. The zero-order chi connectivity index (χ0) is 13.8. The molecule has 0 aromatic carbocycles. The third-order valence-corrected chi connectivity index (χ3v) is 2.42. The Kier molecular flexibility index (Phi) is 4.95. The third-order valence-electron chi connectivity index (χ3n) is 2.42. The van der Waals surface area contributed by atoms with Crippen LogP contribution < -0.4 is 11.1 Å². The van der Waals surface area contributed by atoms with Crippen molar-refractivity contribution in [2.24, 2.45) is 11.7 Å². The van der Waals surface area contributed by atoms with E-state index in [9.17, 15) is 13.2 Å². The molecule has 0 aliphatic rings. The first kappa shape index (κ1) is 14.8. The molecule has 0 spiro atoms. The second-order valence-electron chi connectivity index (χ2n) is 4.67. The van der Waals surface area contributed by atoms with E-state index in [1.807, 2.05) is 13.8 Å². The molecule has 1 aromatic heterocycles. The van der Waals surface area contributed by atoms with Crippen LogP contribution in [0.5, 0.6) is 0 Å². The highest BCUT2D eigenvalue weighted by Gasteiger charge is 2.34. The van der Waals surface area contributed by atoms with E-state index in [1.54, 1.807) is 0 Å². The molecule has 1 heterocycles. The Morgan fingerprint density at radius 3 is 2.61 bits per heavy atom. The van der Waals surface area contributed by atoms with E-state index in [0.717, 1.165) is 12.5 Å². The van der Waals surface area contributed by atoms with Gasteiger partial charge in [0.15, 0.2) is 0 Å². The molecule has 1 rings (SSSR count). The summed E-state index contributed by atoms with van der Waals surface area (Å²) >= 11 is 0. The van der Waals surface area contributed by atoms with Crippen molar-refractivity contribution in [2.75, 3.05) is 11.9 Å². The molecule has 0 radical (unpaired) electrons. The summed E-state index contributed by atoms with van der Waals surface area (Å²) in [7, 11) is 0. The summed E-state index contributed by atoms with van der Waals surface area (Å²) in [6, 6.07) is 2.08. The van der Waals surface area contributed by atoms with E-state index in [-0.39, 0.29) is 18.4 Å². The Morgan fingerprint density at radius 2 is 2.06 bits per heavy atom. The van der Waals surface area contributed by atoms with Crippen LogP contribution in [0.25, 0.3) is 0 Å². The van der Waals surface area contributed by atoms with E-state index in [2.05, 4.69) is 10.3 Å². The lowest BCUT2D eigenvalue weighted by Crippen LogP contribution is -2.31. The fourth-order valence-corrected chi connectivity index (χ4v) is 1.69. The zero-order valence-electron chi connectivity index (χ0n) is 10.5. The van der Waals surface area contributed by atoms with Crippen molar-refractivity contribution in [2.45, 2.75) is 32.5 Å². The van der Waals surface area contributed by atoms with Crippen LogP contribution in [0.2, 0.25) is 0 Å². The summed E-state index contributed by atoms with van der Waals surface area (Å²) in [4.78, 5) is 3.71. The van der Waals surface area contributed by atoms with Crippen molar-refractivity contribution >= 4 is 5.82 Å². The van der Waals surface area contributed by atoms with Gasteiger partial charge in [-0.2, -0.15) is 13.2 Å². The molecule has 1 atom stereocenters. The van der Waals surface area contributed by atoms with Gasteiger partial charge in [-0.1, -0.05) is 13.8 Å². The molecule has 0 fully saturated rings. The molecular weight excluding hydrogens is 243 g/mol. The molecule has 3 N–H and O–H groups in total. The number of pyridine rings is 1. The fraction of sp³-hybridized carbons (Fsp3) is 0.583. The predicted octanol–water partition coefficient (Wildman–Crippen LogP) is 2.89. The Balaban J connectivity index is 2.68. The van der Waals surface area contributed by atoms with Gasteiger partial charge in [0.25, 0.3) is 0 Å². The zero-order valence-corrected chi connectivity index (χ0v) is 10.5. The first-order valence-corrected chi connectivity index (χ1v) is 5.82. The number of rotatable bonds is 5. The Bertz CT molecular complexity index is 377. The molecule has 6 heteroatoms. The lowest BCUT2D eigenvalue weighted by Gasteiger charge is -2.17. The van der Waals surface area contributed by atoms with E-state index < -0.39 is 11.7 Å². The van der Waals surface area contributed by atoms with Crippen molar-refractivity contribution in [1.82, 2.24) is 4.98 Å². The lowest BCUT2D eigenvalue weighted by atomic mass is 10.0. The highest BCUT2D eigenvalue weighted by Crippen LogP contribution is 2.33. The SMILES string of the molecule is CC(C)CC(N)CNc1ncccc1C(F)(F)F. The Morgan fingerprint density at radius 1 is 1.39 bits per heavy atom. The van der Waals surface area contributed by atoms with Crippen molar-refractivity contribution in [1.29, 1.82) is 0 Å². The average Bonchev–Trinajstić information content (AvgIpc) is 2.24. The van der Waals surface area contributed by atoms with Gasteiger partial charge in [-0.15, -0.1) is 0 Å². The summed E-state index contributed by atoms with van der Waals surface area (Å²) in [6.07, 6.45) is -2.33. The first-order chi connectivity index (χ1) is 8.30. The maximum atomic E-state index is 12.7. The average molecular weight is 261 g/mol. The largest absolute Gasteiger partial charge is 0.419 e. The van der Waals surface area contributed by atoms with Crippen LogP contribution >= 0.6 is 0 Å². The van der Waals surface area contributed by atoms with Crippen LogP contribution in [0.1, 0.15) is 25.8 Å². The highest BCUT2D eigenvalue weighted by molar-refractivity contribution is 5.45. The van der Waals surface area contributed by atoms with Gasteiger partial charge in [0.05, 0.1) is 5.56 Å². The fourth-order valence-electron chi connectivity index (χ4n) is 1.69. The van der Waals surface area contributed by atoms with Crippen LogP contribution in [0.15, 0.2) is 18.3 Å². The quantitative estimate of drug-likeness (QED) is 0.857. The van der Waals surface area contributed by atoms with Crippen molar-refractivity contribution in [3.63, 3.8) is 0 Å². The molecule has 0 aliphatic carbocycles. The van der Waals surface area contributed by atoms with E-state index in [0.29, 0.717) is 5.92 Å². The van der Waals surface area contributed by atoms with Gasteiger partial charge in [0.1, 0.15) is 5.82 Å². The summed E-state index contributed by atoms with van der Waals surface area (Å²) < 4.78 is 38.0. The number of nitrogens with zero attached hydrogens (tertiary/aromatic N) is 1. The van der Waals surface area contributed by atoms with Crippen LogP contribution in [-0.4, -0.2) is 17.6 Å². The Labute approximate surface area is 105 Å². The minimum Gasteiger partial charge on any atom is -0.368 e. The number of aromatic nitrogens is 1. The van der Waals surface area contributed by atoms with Crippen LogP contribution in [0, 0.1) is 5.92 Å². The van der Waals surface area contributed by atoms with Gasteiger partial charge >= 0.3 is 6.18 Å². The van der Waals surface area contributed by atoms with E-state index >= 15 is 0 Å². The minimum atomic E-state index is -4.40. The molecule has 0 amide bonds. The summed E-state index contributed by atoms with van der Waals surface area (Å²) in [5.41, 5.74) is 5.05. The molecule has 18 heavy (non-hydrogen) atoms. The molecule has 0 aliphatic heterocycles. The Hall–Kier alpha value is -1.30. The van der Waals surface area contributed by atoms with Crippen LogP contribution in [0.3, 0.4) is 0 Å². The molecule has 0 bridgehead atoms. The molecule has 1 unspecified atom stereocenters. The number of hydrogen-bond acceptors (Lipinski definition) is 3. The molecular formula is C12H18F3N3. The summed E-state index contributed by atoms with van der Waals surface area (Å²) in [5.74, 6) is 0.247. The maximum absolute atomic E-state index is 12.7. The predicted molar refractivity (Wildman–Crippen MR) is 65.2 cm³/mol. The monoisotopic (exact) mass is 261 g/mol. The molecule has 0 saturated heterocycles. The first-order valence-electron chi connectivity index (χ1n) is 5.82. The second-order valence-corrected chi connectivity index (χ2v) is 4.67. The highest BCUT2D eigenvalue weighted by atomic mass is 19.4. The third kappa shape index (κ3) is 4.52. The summed E-state index contributed by atoms with van der Waals surface area (Å²) in [6.45, 7) is 4.31. The number of nitrogens with one attached hydrogen (secondary N) is 1. The topological polar surface area (TPSA) is 50.9 Å². The normalized spacial score (nSPS) is 13.7.